The number of nitrogens with one attached hydrogen (secondary N) is 1. The van der Waals surface area contributed by atoms with Crippen molar-refractivity contribution in [3.8, 4) is 0 Å². The van der Waals surface area contributed by atoms with Crippen LogP contribution < -0.4 is 5.32 Å². The molecule has 3 aromatic rings. The summed E-state index contributed by atoms with van der Waals surface area (Å²) >= 11 is 14.0. The molecule has 0 radical (unpaired) electrons. The van der Waals surface area contributed by atoms with Crippen LogP contribution in [0.4, 0.5) is 5.69 Å². The molecular weight excluding hydrogens is 393 g/mol. The first-order valence-corrected chi connectivity index (χ1v) is 9.54. The van der Waals surface area contributed by atoms with Crippen molar-refractivity contribution >= 4 is 62.2 Å². The van der Waals surface area contributed by atoms with Crippen molar-refractivity contribution < 1.29 is 14.3 Å². The number of benzene rings is 2. The van der Waals surface area contributed by atoms with Crippen LogP contribution in [0.25, 0.3) is 10.1 Å². The molecule has 1 amide bonds. The largest absolute Gasteiger partial charge is 0.466 e. The summed E-state index contributed by atoms with van der Waals surface area (Å²) in [5.41, 5.74) is 1.51. The molecule has 0 aliphatic rings. The number of hydrogen-bond acceptors (Lipinski definition) is 4. The van der Waals surface area contributed by atoms with E-state index in [2.05, 4.69) is 5.32 Å². The second-order valence-corrected chi connectivity index (χ2v) is 7.24. The Balaban J connectivity index is 1.83. The van der Waals surface area contributed by atoms with Gasteiger partial charge in [0.25, 0.3) is 5.91 Å². The fourth-order valence-corrected chi connectivity index (χ4v) is 4.13. The molecule has 0 fully saturated rings. The molecule has 1 heterocycles. The van der Waals surface area contributed by atoms with E-state index in [0.29, 0.717) is 23.4 Å². The Morgan fingerprint density at radius 1 is 1.15 bits per heavy atom. The number of amides is 1. The predicted molar refractivity (Wildman–Crippen MR) is 107 cm³/mol. The minimum absolute atomic E-state index is 0.0661. The van der Waals surface area contributed by atoms with Crippen molar-refractivity contribution in [3.05, 3.63) is 63.0 Å². The molecule has 4 nitrogen and oxygen atoms in total. The molecule has 0 unspecified atom stereocenters. The quantitative estimate of drug-likeness (QED) is 0.562. The van der Waals surface area contributed by atoms with Gasteiger partial charge in [0.1, 0.15) is 0 Å². The van der Waals surface area contributed by atoms with Crippen LogP contribution in [0, 0.1) is 0 Å². The molecule has 26 heavy (non-hydrogen) atoms. The van der Waals surface area contributed by atoms with Crippen LogP contribution in [-0.2, 0) is 16.0 Å². The van der Waals surface area contributed by atoms with Crippen molar-refractivity contribution in [2.45, 2.75) is 13.3 Å². The molecule has 0 aliphatic carbocycles. The van der Waals surface area contributed by atoms with Gasteiger partial charge in [-0.15, -0.1) is 11.3 Å². The molecule has 1 aromatic heterocycles. The number of anilines is 1. The zero-order valence-corrected chi connectivity index (χ0v) is 16.2. The Bertz CT molecular complexity index is 961. The van der Waals surface area contributed by atoms with Crippen LogP contribution in [0.3, 0.4) is 0 Å². The summed E-state index contributed by atoms with van der Waals surface area (Å²) in [7, 11) is 0. The maximum atomic E-state index is 12.6. The first kappa shape index (κ1) is 18.7. The summed E-state index contributed by atoms with van der Waals surface area (Å²) < 4.78 is 5.94. The summed E-state index contributed by atoms with van der Waals surface area (Å²) in [6.07, 6.45) is 0.0661. The van der Waals surface area contributed by atoms with Crippen molar-refractivity contribution in [3.63, 3.8) is 0 Å². The summed E-state index contributed by atoms with van der Waals surface area (Å²) in [5, 5.41) is 5.98. The molecule has 0 bridgehead atoms. The topological polar surface area (TPSA) is 55.4 Å². The third-order valence-electron chi connectivity index (χ3n) is 3.72. The van der Waals surface area contributed by atoms with Crippen LogP contribution >= 0.6 is 34.5 Å². The van der Waals surface area contributed by atoms with E-state index in [1.807, 2.05) is 24.3 Å². The molecule has 0 atom stereocenters. The standard InChI is InChI=1S/C19H15Cl2NO3S/c1-2-25-17(23)9-11-7-14(20)18(15(21)8-11)22-19(24)13-10-26-16-6-4-3-5-12(13)16/h3-8,10H,2,9H2,1H3,(H,22,24). The van der Waals surface area contributed by atoms with E-state index in [-0.39, 0.29) is 28.3 Å². The minimum Gasteiger partial charge on any atom is -0.466 e. The number of thiophene rings is 1. The van der Waals surface area contributed by atoms with Crippen molar-refractivity contribution in [1.29, 1.82) is 0 Å². The molecular formula is C19H15Cl2NO3S. The van der Waals surface area contributed by atoms with E-state index < -0.39 is 0 Å². The fourth-order valence-electron chi connectivity index (χ4n) is 2.56. The average molecular weight is 408 g/mol. The Hall–Kier alpha value is -2.08. The SMILES string of the molecule is CCOC(=O)Cc1cc(Cl)c(NC(=O)c2csc3ccccc23)c(Cl)c1. The van der Waals surface area contributed by atoms with E-state index in [1.54, 1.807) is 24.4 Å². The molecule has 7 heteroatoms. The molecule has 0 saturated heterocycles. The highest BCUT2D eigenvalue weighted by atomic mass is 35.5. The predicted octanol–water partition coefficient (Wildman–Crippen LogP) is 5.57. The number of ether oxygens (including phenoxy) is 1. The van der Waals surface area contributed by atoms with Gasteiger partial charge < -0.3 is 10.1 Å². The van der Waals surface area contributed by atoms with Gasteiger partial charge in [0.05, 0.1) is 34.3 Å². The van der Waals surface area contributed by atoms with Gasteiger partial charge in [0.2, 0.25) is 0 Å². The highest BCUT2D eigenvalue weighted by Crippen LogP contribution is 2.33. The number of fused-ring (bicyclic) bond motifs is 1. The van der Waals surface area contributed by atoms with Crippen LogP contribution in [0.15, 0.2) is 41.8 Å². The normalized spacial score (nSPS) is 10.7. The van der Waals surface area contributed by atoms with Crippen LogP contribution in [0.1, 0.15) is 22.8 Å². The van der Waals surface area contributed by atoms with Gasteiger partial charge in [0.15, 0.2) is 0 Å². The molecule has 0 aliphatic heterocycles. The van der Waals surface area contributed by atoms with Gasteiger partial charge in [0, 0.05) is 15.5 Å². The van der Waals surface area contributed by atoms with Crippen molar-refractivity contribution in [2.75, 3.05) is 11.9 Å². The number of carbonyl (C=O) groups excluding carboxylic acids is 2. The average Bonchev–Trinajstić information content (AvgIpc) is 3.02. The van der Waals surface area contributed by atoms with Gasteiger partial charge in [-0.1, -0.05) is 41.4 Å². The second kappa shape index (κ2) is 8.08. The third kappa shape index (κ3) is 4.01. The molecule has 0 spiro atoms. The van der Waals surface area contributed by atoms with Crippen LogP contribution in [0.2, 0.25) is 10.0 Å². The van der Waals surface area contributed by atoms with E-state index in [4.69, 9.17) is 27.9 Å². The lowest BCUT2D eigenvalue weighted by molar-refractivity contribution is -0.142. The van der Waals surface area contributed by atoms with Crippen LogP contribution in [0.5, 0.6) is 0 Å². The first-order valence-electron chi connectivity index (χ1n) is 7.90. The molecule has 2 aromatic carbocycles. The highest BCUT2D eigenvalue weighted by Gasteiger charge is 2.17. The number of carbonyl (C=O) groups is 2. The van der Waals surface area contributed by atoms with E-state index in [9.17, 15) is 9.59 Å². The lowest BCUT2D eigenvalue weighted by Gasteiger charge is -2.11. The Labute approximate surface area is 164 Å². The lowest BCUT2D eigenvalue weighted by Crippen LogP contribution is -2.13. The molecule has 134 valence electrons. The van der Waals surface area contributed by atoms with E-state index in [1.165, 1.54) is 11.3 Å². The number of hydrogen-bond donors (Lipinski definition) is 1. The maximum absolute atomic E-state index is 12.6. The van der Waals surface area contributed by atoms with Gasteiger partial charge in [-0.05, 0) is 30.7 Å². The highest BCUT2D eigenvalue weighted by molar-refractivity contribution is 7.17. The summed E-state index contributed by atoms with van der Waals surface area (Å²) in [4.78, 5) is 24.2. The number of rotatable bonds is 5. The summed E-state index contributed by atoms with van der Waals surface area (Å²) in [6.45, 7) is 2.05. The minimum atomic E-state index is -0.360. The van der Waals surface area contributed by atoms with Crippen molar-refractivity contribution in [2.24, 2.45) is 0 Å². The zero-order chi connectivity index (χ0) is 18.7. The van der Waals surface area contributed by atoms with Gasteiger partial charge in [-0.2, -0.15) is 0 Å². The van der Waals surface area contributed by atoms with E-state index in [0.717, 1.165) is 10.1 Å². The fraction of sp³-hybridized carbons (Fsp3) is 0.158. The first-order chi connectivity index (χ1) is 12.5. The van der Waals surface area contributed by atoms with Gasteiger partial charge >= 0.3 is 5.97 Å². The Morgan fingerprint density at radius 3 is 2.54 bits per heavy atom. The van der Waals surface area contributed by atoms with Gasteiger partial charge in [-0.3, -0.25) is 9.59 Å². The molecule has 0 saturated carbocycles. The van der Waals surface area contributed by atoms with E-state index >= 15 is 0 Å². The smallest absolute Gasteiger partial charge is 0.310 e. The number of esters is 1. The monoisotopic (exact) mass is 407 g/mol. The maximum Gasteiger partial charge on any atom is 0.310 e. The Kier molecular flexibility index (Phi) is 5.81. The number of halogens is 2. The van der Waals surface area contributed by atoms with Crippen LogP contribution in [-0.4, -0.2) is 18.5 Å². The van der Waals surface area contributed by atoms with Gasteiger partial charge in [-0.25, -0.2) is 0 Å². The second-order valence-electron chi connectivity index (χ2n) is 5.52. The Morgan fingerprint density at radius 2 is 1.85 bits per heavy atom. The lowest BCUT2D eigenvalue weighted by atomic mass is 10.1. The molecule has 1 N–H and O–H groups in total. The zero-order valence-electron chi connectivity index (χ0n) is 13.8. The van der Waals surface area contributed by atoms with Crippen molar-refractivity contribution in [1.82, 2.24) is 0 Å². The third-order valence-corrected chi connectivity index (χ3v) is 5.28. The summed E-state index contributed by atoms with van der Waals surface area (Å²) in [6, 6.07) is 10.9. The summed E-state index contributed by atoms with van der Waals surface area (Å²) in [5.74, 6) is -0.648. The molecule has 3 rings (SSSR count).